The molecule has 2 aromatic rings. The number of anilines is 1. The van der Waals surface area contributed by atoms with Crippen LogP contribution in [0.4, 0.5) is 5.13 Å². The number of hydrogen-bond acceptors (Lipinski definition) is 15. The second-order valence-corrected chi connectivity index (χ2v) is 12.5. The van der Waals surface area contributed by atoms with Crippen LogP contribution >= 0.6 is 11.3 Å². The molecule has 2 atom stereocenters. The van der Waals surface area contributed by atoms with Crippen molar-refractivity contribution in [1.82, 2.24) is 14.9 Å². The SMILES string of the molecule is CC1(C)[C@H](CC(=O)/C(=N\O[C@@H](COc2ccc3c(c2)CN(C(N)=NOCCN)C3)C(=O)O)c2csc(N)n2)C(=O)N1OS(=O)(=O)O. The number of nitrogen functional groups attached to an aromatic ring is 1. The minimum absolute atomic E-state index is 0.0346. The molecule has 250 valence electrons. The number of hydroxylamine groups is 2. The standard InChI is InChI=1S/C25H32N8O11S2/c1-25(2)16(21(35)33(25)44-46(38,39)40)8-18(34)20(17-12-45-24(28)29-17)30-43-19(22(36)37)11-41-15-4-3-13-9-32(10-14(13)7-15)23(27)31-42-6-5-26/h3-4,7,12,16,19H,5-6,8-11,26H2,1-2H3,(H2,27,31)(H2,28,29)(H,36,37)(H,38,39,40)/b30-20-/t16-,19+/m1/s1. The number of thiazole rings is 1. The van der Waals surface area contributed by atoms with Gasteiger partial charge in [-0.05, 0) is 42.3 Å². The van der Waals surface area contributed by atoms with Gasteiger partial charge in [0.2, 0.25) is 5.96 Å². The molecule has 8 N–H and O–H groups in total. The molecule has 2 aliphatic rings. The van der Waals surface area contributed by atoms with Gasteiger partial charge in [0, 0.05) is 31.4 Å². The fraction of sp³-hybridized carbons (Fsp3) is 0.440. The van der Waals surface area contributed by atoms with Crippen LogP contribution in [0.25, 0.3) is 0 Å². The van der Waals surface area contributed by atoms with E-state index in [2.05, 4.69) is 19.6 Å². The molecule has 3 heterocycles. The number of ketones is 1. The Hall–Kier alpha value is -4.57. The van der Waals surface area contributed by atoms with Crippen molar-refractivity contribution < 1.29 is 51.2 Å². The van der Waals surface area contributed by atoms with Gasteiger partial charge < -0.3 is 41.6 Å². The molecule has 0 unspecified atom stereocenters. The Balaban J connectivity index is 1.44. The van der Waals surface area contributed by atoms with Gasteiger partial charge in [-0.3, -0.25) is 14.1 Å². The first kappa shape index (κ1) is 34.3. The second kappa shape index (κ2) is 13.8. The van der Waals surface area contributed by atoms with Crippen molar-refractivity contribution in [3.8, 4) is 5.75 Å². The molecule has 46 heavy (non-hydrogen) atoms. The first-order chi connectivity index (χ1) is 21.6. The normalized spacial score (nSPS) is 18.5. The molecule has 4 rings (SSSR count). The van der Waals surface area contributed by atoms with Crippen LogP contribution in [0.3, 0.4) is 0 Å². The van der Waals surface area contributed by atoms with Crippen LogP contribution < -0.4 is 21.9 Å². The zero-order valence-electron chi connectivity index (χ0n) is 24.6. The number of nitrogens with zero attached hydrogens (tertiary/aromatic N) is 5. The first-order valence-electron chi connectivity index (χ1n) is 13.5. The number of carbonyl (C=O) groups is 3. The molecule has 0 saturated carbocycles. The van der Waals surface area contributed by atoms with Crippen molar-refractivity contribution in [3.05, 3.63) is 40.4 Å². The number of rotatable bonds is 15. The molecule has 21 heteroatoms. The van der Waals surface area contributed by atoms with Crippen molar-refractivity contribution in [2.45, 2.75) is 45.0 Å². The quantitative estimate of drug-likeness (QED) is 0.0392. The molecular weight excluding hydrogens is 652 g/mol. The predicted molar refractivity (Wildman–Crippen MR) is 160 cm³/mol. The lowest BCUT2D eigenvalue weighted by Gasteiger charge is -2.50. The van der Waals surface area contributed by atoms with E-state index in [-0.39, 0.29) is 29.9 Å². The molecule has 1 aromatic heterocycles. The summed E-state index contributed by atoms with van der Waals surface area (Å²) in [6, 6.07) is 5.15. The van der Waals surface area contributed by atoms with E-state index >= 15 is 0 Å². The third-order valence-electron chi connectivity index (χ3n) is 7.00. The molecule has 0 bridgehead atoms. The Morgan fingerprint density at radius 1 is 1.24 bits per heavy atom. The highest BCUT2D eigenvalue weighted by Gasteiger charge is 2.57. The third-order valence-corrected chi connectivity index (χ3v) is 8.01. The summed E-state index contributed by atoms with van der Waals surface area (Å²) < 4.78 is 41.2. The maximum absolute atomic E-state index is 13.3. The number of amides is 1. The highest BCUT2D eigenvalue weighted by molar-refractivity contribution is 7.80. The number of oxime groups is 2. The molecule has 0 spiro atoms. The largest absolute Gasteiger partial charge is 0.489 e. The van der Waals surface area contributed by atoms with Crippen LogP contribution in [0, 0.1) is 5.92 Å². The summed E-state index contributed by atoms with van der Waals surface area (Å²) in [4.78, 5) is 53.9. The van der Waals surface area contributed by atoms with Crippen LogP contribution in [0.15, 0.2) is 33.9 Å². The number of ether oxygens (including phenoxy) is 1. The number of carboxylic acids is 1. The summed E-state index contributed by atoms with van der Waals surface area (Å²) in [5, 5.41) is 19.2. The van der Waals surface area contributed by atoms with Crippen LogP contribution in [0.5, 0.6) is 5.75 Å². The van der Waals surface area contributed by atoms with Crippen molar-refractivity contribution in [2.75, 3.05) is 25.5 Å². The zero-order valence-corrected chi connectivity index (χ0v) is 26.2. The van der Waals surface area contributed by atoms with Gasteiger partial charge in [0.05, 0.1) is 11.5 Å². The fourth-order valence-corrected chi connectivity index (χ4v) is 5.57. The number of fused-ring (bicyclic) bond motifs is 1. The summed E-state index contributed by atoms with van der Waals surface area (Å²) in [6.45, 7) is 3.71. The van der Waals surface area contributed by atoms with E-state index in [4.69, 9.17) is 36.2 Å². The lowest BCUT2D eigenvalue weighted by atomic mass is 9.74. The highest BCUT2D eigenvalue weighted by atomic mass is 32.3. The number of Topliss-reactive ketones (excluding diaryl/α,β-unsaturated/α-hetero) is 1. The number of carboxylic acid groups (broad SMARTS) is 1. The van der Waals surface area contributed by atoms with Crippen molar-refractivity contribution in [1.29, 1.82) is 0 Å². The minimum Gasteiger partial charge on any atom is -0.489 e. The summed E-state index contributed by atoms with van der Waals surface area (Å²) >= 11 is 0.977. The summed E-state index contributed by atoms with van der Waals surface area (Å²) in [7, 11) is -5.00. The lowest BCUT2D eigenvalue weighted by Crippen LogP contribution is -2.68. The van der Waals surface area contributed by atoms with Crippen LogP contribution in [-0.2, 0) is 51.8 Å². The Bertz CT molecular complexity index is 1660. The van der Waals surface area contributed by atoms with Gasteiger partial charge in [0.1, 0.15) is 24.7 Å². The summed E-state index contributed by atoms with van der Waals surface area (Å²) in [6.07, 6.45) is -2.18. The first-order valence-corrected chi connectivity index (χ1v) is 15.7. The summed E-state index contributed by atoms with van der Waals surface area (Å²) in [5.74, 6) is -3.70. The van der Waals surface area contributed by atoms with E-state index in [0.717, 1.165) is 22.5 Å². The van der Waals surface area contributed by atoms with E-state index in [9.17, 15) is 27.9 Å². The van der Waals surface area contributed by atoms with Gasteiger partial charge in [-0.1, -0.05) is 11.2 Å². The number of hydrogen-bond donors (Lipinski definition) is 5. The van der Waals surface area contributed by atoms with Crippen molar-refractivity contribution in [2.24, 2.45) is 27.7 Å². The van der Waals surface area contributed by atoms with Gasteiger partial charge in [-0.25, -0.2) is 9.78 Å². The van der Waals surface area contributed by atoms with Crippen LogP contribution in [-0.4, -0.2) is 93.8 Å². The molecule has 1 amide bonds. The average Bonchev–Trinajstić information content (AvgIpc) is 3.61. The molecule has 1 aromatic carbocycles. The maximum Gasteiger partial charge on any atom is 0.418 e. The highest BCUT2D eigenvalue weighted by Crippen LogP contribution is 2.40. The monoisotopic (exact) mass is 684 g/mol. The molecule has 0 radical (unpaired) electrons. The molecule has 1 fully saturated rings. The Labute approximate surface area is 266 Å². The van der Waals surface area contributed by atoms with Crippen LogP contribution in [0.2, 0.25) is 0 Å². The summed E-state index contributed by atoms with van der Waals surface area (Å²) in [5.41, 5.74) is 17.1. The van der Waals surface area contributed by atoms with Gasteiger partial charge in [-0.15, -0.1) is 15.6 Å². The number of benzene rings is 1. The van der Waals surface area contributed by atoms with Crippen molar-refractivity contribution >= 4 is 56.2 Å². The number of nitrogens with two attached hydrogens (primary N) is 3. The second-order valence-electron chi connectivity index (χ2n) is 10.6. The average molecular weight is 685 g/mol. The van der Waals surface area contributed by atoms with Gasteiger partial charge in [-0.2, -0.15) is 13.5 Å². The lowest BCUT2D eigenvalue weighted by molar-refractivity contribution is -0.228. The Morgan fingerprint density at radius 3 is 2.57 bits per heavy atom. The number of carbonyl (C=O) groups excluding carboxylic acids is 2. The molecular formula is C25H32N8O11S2. The fourth-order valence-electron chi connectivity index (χ4n) is 4.57. The molecule has 19 nitrogen and oxygen atoms in total. The maximum atomic E-state index is 13.3. The molecule has 2 aliphatic heterocycles. The third kappa shape index (κ3) is 7.98. The molecule has 1 saturated heterocycles. The van der Waals surface area contributed by atoms with Crippen LogP contribution in [0.1, 0.15) is 37.1 Å². The minimum atomic E-state index is -5.00. The van der Waals surface area contributed by atoms with E-state index in [1.54, 1.807) is 23.1 Å². The smallest absolute Gasteiger partial charge is 0.418 e. The predicted octanol–water partition coefficient (Wildman–Crippen LogP) is -0.571. The van der Waals surface area contributed by atoms with E-state index < -0.39 is 64.4 Å². The van der Waals surface area contributed by atoms with E-state index in [1.165, 1.54) is 19.2 Å². The van der Waals surface area contributed by atoms with Gasteiger partial charge in [0.25, 0.3) is 12.0 Å². The van der Waals surface area contributed by atoms with E-state index in [1.807, 2.05) is 0 Å². The Morgan fingerprint density at radius 2 is 1.96 bits per heavy atom. The number of guanidine groups is 1. The zero-order chi connectivity index (χ0) is 33.8. The molecule has 0 aliphatic carbocycles. The number of aromatic nitrogens is 1. The topological polar surface area (TPSA) is 285 Å². The van der Waals surface area contributed by atoms with Crippen molar-refractivity contribution in [3.63, 3.8) is 0 Å². The Kier molecular flexibility index (Phi) is 10.3. The van der Waals surface area contributed by atoms with Gasteiger partial charge >= 0.3 is 16.4 Å². The number of β-lactam (4-membered cyclic amide) rings is 1. The van der Waals surface area contributed by atoms with Gasteiger partial charge in [0.15, 0.2) is 16.6 Å². The number of aliphatic carboxylic acids is 1. The van der Waals surface area contributed by atoms with E-state index in [0.29, 0.717) is 23.9 Å².